The number of nitrogens with zero attached hydrogens (tertiary/aromatic N) is 2. The van der Waals surface area contributed by atoms with Crippen LogP contribution in [0.4, 0.5) is 4.39 Å². The average Bonchev–Trinajstić information content (AvgIpc) is 2.92. The van der Waals surface area contributed by atoms with Crippen molar-refractivity contribution in [3.63, 3.8) is 0 Å². The maximum Gasteiger partial charge on any atom is 0.224 e. The standard InChI is InChI=1S/C18H27FN2O3/c1-20(2)16(22)11-18(13-23-3)9-6-10-21(18)12-14-7-5-8-15(24-4)17(14)19/h5,7-8H,6,9-13H2,1-4H3/t18-/m0/s1. The summed E-state index contributed by atoms with van der Waals surface area (Å²) < 4.78 is 25.0. The first-order valence-corrected chi connectivity index (χ1v) is 8.19. The second-order valence-electron chi connectivity index (χ2n) is 6.58. The quantitative estimate of drug-likeness (QED) is 0.765. The molecule has 1 aromatic rings. The fraction of sp³-hybridized carbons (Fsp3) is 0.611. The van der Waals surface area contributed by atoms with E-state index in [1.165, 1.54) is 7.11 Å². The number of rotatable bonds is 7. The van der Waals surface area contributed by atoms with Crippen molar-refractivity contribution in [3.8, 4) is 5.75 Å². The third kappa shape index (κ3) is 3.87. The monoisotopic (exact) mass is 338 g/mol. The average molecular weight is 338 g/mol. The first-order chi connectivity index (χ1) is 11.4. The molecule has 0 saturated carbocycles. The molecule has 24 heavy (non-hydrogen) atoms. The van der Waals surface area contributed by atoms with Gasteiger partial charge in [-0.2, -0.15) is 0 Å². The predicted molar refractivity (Wildman–Crippen MR) is 90.5 cm³/mol. The zero-order chi connectivity index (χ0) is 17.7. The van der Waals surface area contributed by atoms with E-state index in [9.17, 15) is 9.18 Å². The SMILES string of the molecule is COC[C@@]1(CC(=O)N(C)C)CCCN1Cc1cccc(OC)c1F. The summed E-state index contributed by atoms with van der Waals surface area (Å²) in [5.41, 5.74) is 0.194. The zero-order valence-electron chi connectivity index (χ0n) is 15.0. The fourth-order valence-electron chi connectivity index (χ4n) is 3.41. The molecule has 0 spiro atoms. The molecule has 1 aromatic carbocycles. The molecule has 5 nitrogen and oxygen atoms in total. The van der Waals surface area contributed by atoms with E-state index in [0.717, 1.165) is 19.4 Å². The summed E-state index contributed by atoms with van der Waals surface area (Å²) in [5, 5.41) is 0. The second kappa shape index (κ2) is 7.94. The van der Waals surface area contributed by atoms with Crippen molar-refractivity contribution in [3.05, 3.63) is 29.6 Å². The summed E-state index contributed by atoms with van der Waals surface area (Å²) in [5.74, 6) is -0.0318. The normalized spacial score (nSPS) is 21.0. The number of halogens is 1. The summed E-state index contributed by atoms with van der Waals surface area (Å²) in [6.45, 7) is 1.71. The molecule has 1 aliphatic rings. The largest absolute Gasteiger partial charge is 0.494 e. The van der Waals surface area contributed by atoms with Crippen LogP contribution < -0.4 is 4.74 Å². The van der Waals surface area contributed by atoms with Gasteiger partial charge in [0, 0.05) is 39.7 Å². The molecule has 0 aromatic heterocycles. The van der Waals surface area contributed by atoms with Crippen LogP contribution in [0.3, 0.4) is 0 Å². The van der Waals surface area contributed by atoms with Gasteiger partial charge in [-0.3, -0.25) is 9.69 Å². The van der Waals surface area contributed by atoms with E-state index in [2.05, 4.69) is 4.90 Å². The van der Waals surface area contributed by atoms with Crippen molar-refractivity contribution in [2.75, 3.05) is 41.5 Å². The van der Waals surface area contributed by atoms with Crippen LogP contribution in [0, 0.1) is 5.82 Å². The van der Waals surface area contributed by atoms with Crippen LogP contribution in [-0.4, -0.2) is 62.7 Å². The van der Waals surface area contributed by atoms with E-state index in [1.807, 2.05) is 0 Å². The van der Waals surface area contributed by atoms with Crippen LogP contribution in [0.1, 0.15) is 24.8 Å². The Morgan fingerprint density at radius 1 is 1.38 bits per heavy atom. The molecular weight excluding hydrogens is 311 g/mol. The molecule has 0 unspecified atom stereocenters. The minimum Gasteiger partial charge on any atom is -0.494 e. The minimum atomic E-state index is -0.383. The van der Waals surface area contributed by atoms with Crippen LogP contribution in [-0.2, 0) is 16.1 Å². The molecule has 1 fully saturated rings. The van der Waals surface area contributed by atoms with Gasteiger partial charge in [0.2, 0.25) is 5.91 Å². The van der Waals surface area contributed by atoms with Gasteiger partial charge >= 0.3 is 0 Å². The Morgan fingerprint density at radius 3 is 2.75 bits per heavy atom. The lowest BCUT2D eigenvalue weighted by molar-refractivity contribution is -0.132. The van der Waals surface area contributed by atoms with Crippen molar-refractivity contribution in [2.45, 2.75) is 31.3 Å². The molecule has 0 bridgehead atoms. The van der Waals surface area contributed by atoms with Crippen molar-refractivity contribution in [1.29, 1.82) is 0 Å². The van der Waals surface area contributed by atoms with Crippen molar-refractivity contribution < 1.29 is 18.7 Å². The number of amides is 1. The van der Waals surface area contributed by atoms with Gasteiger partial charge in [-0.1, -0.05) is 12.1 Å². The Morgan fingerprint density at radius 2 is 2.12 bits per heavy atom. The number of hydrogen-bond donors (Lipinski definition) is 0. The van der Waals surface area contributed by atoms with Gasteiger partial charge < -0.3 is 14.4 Å². The van der Waals surface area contributed by atoms with E-state index in [-0.39, 0.29) is 23.0 Å². The summed E-state index contributed by atoms with van der Waals surface area (Å²) in [7, 11) is 6.61. The minimum absolute atomic E-state index is 0.0602. The highest BCUT2D eigenvalue weighted by atomic mass is 19.1. The Balaban J connectivity index is 2.25. The van der Waals surface area contributed by atoms with Gasteiger partial charge in [-0.15, -0.1) is 0 Å². The number of methoxy groups -OCH3 is 2. The summed E-state index contributed by atoms with van der Waals surface area (Å²) >= 11 is 0. The lowest BCUT2D eigenvalue weighted by atomic mass is 9.91. The molecule has 1 atom stereocenters. The van der Waals surface area contributed by atoms with E-state index in [4.69, 9.17) is 9.47 Å². The first kappa shape index (κ1) is 18.7. The molecule has 1 amide bonds. The maximum absolute atomic E-state index is 14.5. The molecule has 2 rings (SSSR count). The van der Waals surface area contributed by atoms with Crippen LogP contribution >= 0.6 is 0 Å². The van der Waals surface area contributed by atoms with Crippen LogP contribution in [0.5, 0.6) is 5.75 Å². The second-order valence-corrected chi connectivity index (χ2v) is 6.58. The van der Waals surface area contributed by atoms with Crippen LogP contribution in [0.2, 0.25) is 0 Å². The topological polar surface area (TPSA) is 42.0 Å². The fourth-order valence-corrected chi connectivity index (χ4v) is 3.41. The number of carbonyl (C=O) groups excluding carboxylic acids is 1. The highest BCUT2D eigenvalue weighted by molar-refractivity contribution is 5.77. The van der Waals surface area contributed by atoms with Gasteiger partial charge in [-0.25, -0.2) is 4.39 Å². The molecule has 6 heteroatoms. The first-order valence-electron chi connectivity index (χ1n) is 8.19. The molecule has 1 aliphatic heterocycles. The Kier molecular flexibility index (Phi) is 6.18. The van der Waals surface area contributed by atoms with E-state index < -0.39 is 0 Å². The van der Waals surface area contributed by atoms with E-state index >= 15 is 0 Å². The summed E-state index contributed by atoms with van der Waals surface area (Å²) in [6.07, 6.45) is 2.21. The number of hydrogen-bond acceptors (Lipinski definition) is 4. The van der Waals surface area contributed by atoms with Crippen LogP contribution in [0.25, 0.3) is 0 Å². The molecule has 0 radical (unpaired) electrons. The number of benzene rings is 1. The maximum atomic E-state index is 14.5. The van der Waals surface area contributed by atoms with Gasteiger partial charge in [0.25, 0.3) is 0 Å². The van der Waals surface area contributed by atoms with Crippen LogP contribution in [0.15, 0.2) is 18.2 Å². The van der Waals surface area contributed by atoms with Crippen molar-refractivity contribution >= 4 is 5.91 Å². The molecular formula is C18H27FN2O3. The highest BCUT2D eigenvalue weighted by Crippen LogP contribution is 2.35. The zero-order valence-corrected chi connectivity index (χ0v) is 15.0. The lowest BCUT2D eigenvalue weighted by Gasteiger charge is -2.38. The summed E-state index contributed by atoms with van der Waals surface area (Å²) in [6, 6.07) is 5.17. The van der Waals surface area contributed by atoms with E-state index in [1.54, 1.807) is 44.3 Å². The number of ether oxygens (including phenoxy) is 2. The predicted octanol–water partition coefficient (Wildman–Crippen LogP) is 2.29. The lowest BCUT2D eigenvalue weighted by Crippen LogP contribution is -2.50. The Bertz CT molecular complexity index is 579. The number of carbonyl (C=O) groups is 1. The molecule has 134 valence electrons. The third-order valence-electron chi connectivity index (χ3n) is 4.76. The smallest absolute Gasteiger partial charge is 0.224 e. The van der Waals surface area contributed by atoms with Gasteiger partial charge in [0.05, 0.1) is 19.3 Å². The molecule has 1 heterocycles. The Hall–Kier alpha value is -1.66. The highest BCUT2D eigenvalue weighted by Gasteiger charge is 2.43. The van der Waals surface area contributed by atoms with E-state index in [0.29, 0.717) is 25.1 Å². The Labute approximate surface area is 143 Å². The molecule has 0 N–H and O–H groups in total. The third-order valence-corrected chi connectivity index (χ3v) is 4.76. The molecule has 1 saturated heterocycles. The molecule has 0 aliphatic carbocycles. The summed E-state index contributed by atoms with van der Waals surface area (Å²) in [4.78, 5) is 16.1. The van der Waals surface area contributed by atoms with Gasteiger partial charge in [-0.05, 0) is 25.5 Å². The number of likely N-dealkylation sites (tertiary alicyclic amines) is 1. The van der Waals surface area contributed by atoms with Crippen molar-refractivity contribution in [1.82, 2.24) is 9.80 Å². The van der Waals surface area contributed by atoms with Gasteiger partial charge in [0.1, 0.15) is 0 Å². The van der Waals surface area contributed by atoms with Crippen molar-refractivity contribution in [2.24, 2.45) is 0 Å². The van der Waals surface area contributed by atoms with Gasteiger partial charge in [0.15, 0.2) is 11.6 Å².